The van der Waals surface area contributed by atoms with Crippen molar-refractivity contribution in [2.75, 3.05) is 37.4 Å². The molecule has 0 radical (unpaired) electrons. The summed E-state index contributed by atoms with van der Waals surface area (Å²) in [5, 5.41) is 2.63. The van der Waals surface area contributed by atoms with Crippen LogP contribution in [-0.4, -0.2) is 52.1 Å². The minimum absolute atomic E-state index is 0.0177. The van der Waals surface area contributed by atoms with E-state index < -0.39 is 22.2 Å². The zero-order valence-electron chi connectivity index (χ0n) is 16.9. The third kappa shape index (κ3) is 4.15. The number of hydrogen-bond donors (Lipinski definition) is 1. The van der Waals surface area contributed by atoms with E-state index in [9.17, 15) is 22.0 Å². The third-order valence-corrected chi connectivity index (χ3v) is 6.91. The summed E-state index contributed by atoms with van der Waals surface area (Å²) >= 11 is 0. The summed E-state index contributed by atoms with van der Waals surface area (Å²) in [4.78, 5) is 15.1. The number of rotatable bonds is 5. The zero-order chi connectivity index (χ0) is 22.4. The van der Waals surface area contributed by atoms with E-state index in [0.717, 1.165) is 30.2 Å². The Hall–Kier alpha value is -2.92. The van der Waals surface area contributed by atoms with E-state index in [2.05, 4.69) is 14.8 Å². The summed E-state index contributed by atoms with van der Waals surface area (Å²) < 4.78 is 61.5. The van der Waals surface area contributed by atoms with Crippen LogP contribution in [0.5, 0.6) is 11.5 Å². The van der Waals surface area contributed by atoms with E-state index in [1.165, 1.54) is 44.4 Å². The van der Waals surface area contributed by atoms with Gasteiger partial charge in [0.1, 0.15) is 0 Å². The fraction of sp³-hybridized carbons (Fsp3) is 0.350. The Morgan fingerprint density at radius 1 is 1.06 bits per heavy atom. The van der Waals surface area contributed by atoms with Gasteiger partial charge in [0.2, 0.25) is 10.0 Å². The molecule has 1 amide bonds. The maximum Gasteiger partial charge on any atom is 0.586 e. The first-order chi connectivity index (χ1) is 14.6. The van der Waals surface area contributed by atoms with Crippen LogP contribution in [0.15, 0.2) is 41.3 Å². The molecule has 8 nitrogen and oxygen atoms in total. The quantitative estimate of drug-likeness (QED) is 0.749. The lowest BCUT2D eigenvalue weighted by Crippen LogP contribution is -2.26. The standard InChI is InChI=1S/C20H21F2N3O5S/c1-24(2)31(27,28)14-6-7-16(25-9-3-4-10-25)15(12-14)19(26)23-13-5-8-17-18(11-13)30-20(21,22)29-17/h5-8,11-12H,3-4,9-10H2,1-2H3,(H,23,26). The van der Waals surface area contributed by atoms with E-state index in [4.69, 9.17) is 0 Å². The highest BCUT2D eigenvalue weighted by Gasteiger charge is 2.43. The van der Waals surface area contributed by atoms with Crippen molar-refractivity contribution in [2.24, 2.45) is 0 Å². The highest BCUT2D eigenvalue weighted by atomic mass is 32.2. The second kappa shape index (κ2) is 7.65. The van der Waals surface area contributed by atoms with Crippen molar-refractivity contribution in [3.8, 4) is 11.5 Å². The third-order valence-electron chi connectivity index (χ3n) is 5.10. The Morgan fingerprint density at radius 3 is 2.42 bits per heavy atom. The summed E-state index contributed by atoms with van der Waals surface area (Å²) in [6.45, 7) is 1.50. The summed E-state index contributed by atoms with van der Waals surface area (Å²) in [5.41, 5.74) is 0.992. The second-order valence-electron chi connectivity index (χ2n) is 7.44. The number of sulfonamides is 1. The summed E-state index contributed by atoms with van der Waals surface area (Å²) in [5.74, 6) is -0.908. The first kappa shape index (κ1) is 21.3. The van der Waals surface area contributed by atoms with Gasteiger partial charge in [-0.25, -0.2) is 12.7 Å². The van der Waals surface area contributed by atoms with E-state index in [1.54, 1.807) is 6.07 Å². The van der Waals surface area contributed by atoms with E-state index in [-0.39, 0.29) is 27.6 Å². The predicted molar refractivity (Wildman–Crippen MR) is 109 cm³/mol. The van der Waals surface area contributed by atoms with Crippen molar-refractivity contribution >= 4 is 27.3 Å². The number of carbonyl (C=O) groups is 1. The maximum atomic E-state index is 13.2. The molecule has 2 heterocycles. The van der Waals surface area contributed by atoms with Crippen LogP contribution in [-0.2, 0) is 10.0 Å². The maximum absolute atomic E-state index is 13.2. The molecule has 1 N–H and O–H groups in total. The number of carbonyl (C=O) groups excluding carboxylic acids is 1. The van der Waals surface area contributed by atoms with Gasteiger partial charge in [-0.2, -0.15) is 0 Å². The average Bonchev–Trinajstić information content (AvgIpc) is 3.33. The molecule has 2 aliphatic heterocycles. The predicted octanol–water partition coefficient (Wildman–Crippen LogP) is 3.11. The van der Waals surface area contributed by atoms with Crippen molar-refractivity contribution in [1.82, 2.24) is 4.31 Å². The van der Waals surface area contributed by atoms with Crippen molar-refractivity contribution in [1.29, 1.82) is 0 Å². The molecule has 2 aliphatic rings. The van der Waals surface area contributed by atoms with Crippen molar-refractivity contribution in [3.05, 3.63) is 42.0 Å². The molecule has 0 aromatic heterocycles. The number of ether oxygens (including phenoxy) is 2. The van der Waals surface area contributed by atoms with Gasteiger partial charge < -0.3 is 19.7 Å². The van der Waals surface area contributed by atoms with Crippen LogP contribution in [0.3, 0.4) is 0 Å². The molecule has 4 rings (SSSR count). The molecule has 31 heavy (non-hydrogen) atoms. The van der Waals surface area contributed by atoms with Crippen molar-refractivity contribution in [3.63, 3.8) is 0 Å². The molecule has 166 valence electrons. The van der Waals surface area contributed by atoms with Gasteiger partial charge in [0.15, 0.2) is 11.5 Å². The average molecular weight is 453 g/mol. The largest absolute Gasteiger partial charge is 0.586 e. The molecule has 0 bridgehead atoms. The fourth-order valence-electron chi connectivity index (χ4n) is 3.53. The van der Waals surface area contributed by atoms with Crippen molar-refractivity contribution < 1.29 is 31.5 Å². The molecule has 2 aromatic carbocycles. The number of benzene rings is 2. The first-order valence-corrected chi connectivity index (χ1v) is 11.0. The zero-order valence-corrected chi connectivity index (χ0v) is 17.7. The van der Waals surface area contributed by atoms with Crippen LogP contribution in [0.2, 0.25) is 0 Å². The van der Waals surface area contributed by atoms with Gasteiger partial charge in [-0.15, -0.1) is 8.78 Å². The molecule has 0 atom stereocenters. The molecule has 1 fully saturated rings. The second-order valence-corrected chi connectivity index (χ2v) is 9.60. The number of hydrogen-bond acceptors (Lipinski definition) is 6. The van der Waals surface area contributed by atoms with Gasteiger partial charge in [0, 0.05) is 44.6 Å². The van der Waals surface area contributed by atoms with Crippen LogP contribution < -0.4 is 19.7 Å². The van der Waals surface area contributed by atoms with Crippen LogP contribution >= 0.6 is 0 Å². The van der Waals surface area contributed by atoms with Gasteiger partial charge in [-0.3, -0.25) is 4.79 Å². The first-order valence-electron chi connectivity index (χ1n) is 9.60. The van der Waals surface area contributed by atoms with Gasteiger partial charge in [0.05, 0.1) is 10.5 Å². The molecule has 0 saturated carbocycles. The number of fused-ring (bicyclic) bond motifs is 1. The van der Waals surface area contributed by atoms with Gasteiger partial charge >= 0.3 is 6.29 Å². The SMILES string of the molecule is CN(C)S(=O)(=O)c1ccc(N2CCCC2)c(C(=O)Nc2ccc3c(c2)OC(F)(F)O3)c1. The molecule has 0 unspecified atom stereocenters. The van der Waals surface area contributed by atoms with Crippen LogP contribution in [0.25, 0.3) is 0 Å². The number of nitrogens with one attached hydrogen (secondary N) is 1. The van der Waals surface area contributed by atoms with Gasteiger partial charge in [0.25, 0.3) is 5.91 Å². The Kier molecular flexibility index (Phi) is 5.26. The van der Waals surface area contributed by atoms with Crippen LogP contribution in [0.1, 0.15) is 23.2 Å². The summed E-state index contributed by atoms with van der Waals surface area (Å²) in [6, 6.07) is 8.32. The highest BCUT2D eigenvalue weighted by molar-refractivity contribution is 7.89. The summed E-state index contributed by atoms with van der Waals surface area (Å²) in [7, 11) is -0.935. The normalized spacial score (nSPS) is 17.3. The van der Waals surface area contributed by atoms with E-state index in [1.807, 2.05) is 4.90 Å². The fourth-order valence-corrected chi connectivity index (χ4v) is 4.46. The molecule has 11 heteroatoms. The Bertz CT molecular complexity index is 1130. The van der Waals surface area contributed by atoms with Crippen molar-refractivity contribution in [2.45, 2.75) is 24.0 Å². The molecule has 1 saturated heterocycles. The highest BCUT2D eigenvalue weighted by Crippen LogP contribution is 2.42. The molecular weight excluding hydrogens is 432 g/mol. The number of amides is 1. The molecular formula is C20H21F2N3O5S. The van der Waals surface area contributed by atoms with E-state index in [0.29, 0.717) is 5.69 Å². The Balaban J connectivity index is 1.68. The van der Waals surface area contributed by atoms with Gasteiger partial charge in [-0.05, 0) is 43.2 Å². The number of anilines is 2. The van der Waals surface area contributed by atoms with E-state index >= 15 is 0 Å². The lowest BCUT2D eigenvalue weighted by molar-refractivity contribution is -0.286. The van der Waals surface area contributed by atoms with Crippen LogP contribution in [0, 0.1) is 0 Å². The number of alkyl halides is 2. The Labute approximate surface area is 178 Å². The minimum atomic E-state index is -3.76. The smallest absolute Gasteiger partial charge is 0.395 e. The lowest BCUT2D eigenvalue weighted by Gasteiger charge is -2.22. The summed E-state index contributed by atoms with van der Waals surface area (Å²) in [6.07, 6.45) is -1.83. The monoisotopic (exact) mass is 453 g/mol. The van der Waals surface area contributed by atoms with Gasteiger partial charge in [-0.1, -0.05) is 0 Å². The lowest BCUT2D eigenvalue weighted by atomic mass is 10.1. The Morgan fingerprint density at radius 2 is 1.74 bits per heavy atom. The molecule has 0 aliphatic carbocycles. The number of nitrogens with zero attached hydrogens (tertiary/aromatic N) is 2. The molecule has 0 spiro atoms. The minimum Gasteiger partial charge on any atom is -0.395 e. The van der Waals surface area contributed by atoms with Crippen LogP contribution in [0.4, 0.5) is 20.2 Å². The topological polar surface area (TPSA) is 88.2 Å². The molecule has 2 aromatic rings. The number of halogens is 2.